The predicted octanol–water partition coefficient (Wildman–Crippen LogP) is 0.859. The maximum atomic E-state index is 5.70. The Balaban J connectivity index is 1.97. The molecule has 1 fully saturated rings. The minimum Gasteiger partial charge on any atom is -0.463 e. The van der Waals surface area contributed by atoms with Crippen LogP contribution in [0.5, 0.6) is 6.01 Å². The largest absolute Gasteiger partial charge is 0.463 e. The fourth-order valence-corrected chi connectivity index (χ4v) is 1.85. The van der Waals surface area contributed by atoms with E-state index in [9.17, 15) is 0 Å². The zero-order valence-corrected chi connectivity index (χ0v) is 11.3. The second-order valence-corrected chi connectivity index (χ2v) is 4.43. The van der Waals surface area contributed by atoms with Crippen molar-refractivity contribution in [3.8, 4) is 6.01 Å². The molecule has 0 radical (unpaired) electrons. The van der Waals surface area contributed by atoms with Gasteiger partial charge >= 0.3 is 6.01 Å². The summed E-state index contributed by atoms with van der Waals surface area (Å²) in [5.41, 5.74) is 5.70. The maximum Gasteiger partial charge on any atom is 0.323 e. The molecule has 1 aliphatic rings. The molecular weight excluding hydrogens is 246 g/mol. The number of aromatic nitrogens is 3. The number of ether oxygens (including phenoxy) is 2. The molecule has 0 atom stereocenters. The van der Waals surface area contributed by atoms with E-state index in [0.29, 0.717) is 31.8 Å². The zero-order chi connectivity index (χ0) is 13.5. The van der Waals surface area contributed by atoms with E-state index in [1.54, 1.807) is 0 Å². The average Bonchev–Trinajstić information content (AvgIpc) is 2.44. The fourth-order valence-electron chi connectivity index (χ4n) is 1.85. The van der Waals surface area contributed by atoms with E-state index in [1.807, 2.05) is 4.90 Å². The molecule has 1 aromatic rings. The van der Waals surface area contributed by atoms with Crippen molar-refractivity contribution in [2.75, 3.05) is 43.5 Å². The van der Waals surface area contributed by atoms with Gasteiger partial charge in [-0.15, -0.1) is 0 Å². The van der Waals surface area contributed by atoms with Crippen molar-refractivity contribution in [3.05, 3.63) is 0 Å². The molecule has 2 rings (SSSR count). The SMILES string of the molecule is CCCCCOc1nc(N)nc(N2CCOCC2)n1. The molecule has 2 N–H and O–H groups in total. The van der Waals surface area contributed by atoms with Crippen molar-refractivity contribution in [2.24, 2.45) is 0 Å². The number of anilines is 2. The van der Waals surface area contributed by atoms with Gasteiger partial charge in [0.25, 0.3) is 0 Å². The summed E-state index contributed by atoms with van der Waals surface area (Å²) in [5.74, 6) is 0.767. The van der Waals surface area contributed by atoms with E-state index in [0.717, 1.165) is 32.4 Å². The third-order valence-corrected chi connectivity index (χ3v) is 2.89. The van der Waals surface area contributed by atoms with Crippen LogP contribution in [0.2, 0.25) is 0 Å². The first kappa shape index (κ1) is 13.8. The smallest absolute Gasteiger partial charge is 0.323 e. The Morgan fingerprint density at radius 3 is 2.74 bits per heavy atom. The molecule has 0 aliphatic carbocycles. The highest BCUT2D eigenvalue weighted by atomic mass is 16.5. The summed E-state index contributed by atoms with van der Waals surface area (Å²) in [6, 6.07) is 0.310. The molecule has 0 spiro atoms. The van der Waals surface area contributed by atoms with Crippen LogP contribution in [-0.2, 0) is 4.74 Å². The Morgan fingerprint density at radius 2 is 2.00 bits per heavy atom. The highest BCUT2D eigenvalue weighted by Crippen LogP contribution is 2.15. The Hall–Kier alpha value is -1.63. The normalized spacial score (nSPS) is 15.5. The minimum atomic E-state index is 0.196. The van der Waals surface area contributed by atoms with E-state index in [1.165, 1.54) is 0 Å². The summed E-state index contributed by atoms with van der Waals surface area (Å²) in [6.07, 6.45) is 3.29. The Morgan fingerprint density at radius 1 is 1.21 bits per heavy atom. The first-order valence-electron chi connectivity index (χ1n) is 6.76. The number of unbranched alkanes of at least 4 members (excludes halogenated alkanes) is 2. The second kappa shape index (κ2) is 7.08. The molecule has 0 saturated carbocycles. The minimum absolute atomic E-state index is 0.196. The number of morpholine rings is 1. The first-order valence-corrected chi connectivity index (χ1v) is 6.76. The van der Waals surface area contributed by atoms with E-state index >= 15 is 0 Å². The van der Waals surface area contributed by atoms with Crippen molar-refractivity contribution >= 4 is 11.9 Å². The van der Waals surface area contributed by atoms with E-state index in [4.69, 9.17) is 15.2 Å². The molecule has 0 bridgehead atoms. The number of rotatable bonds is 6. The van der Waals surface area contributed by atoms with E-state index < -0.39 is 0 Å². The van der Waals surface area contributed by atoms with Crippen molar-refractivity contribution in [1.29, 1.82) is 0 Å². The number of nitrogen functional groups attached to an aromatic ring is 1. The third-order valence-electron chi connectivity index (χ3n) is 2.89. The topological polar surface area (TPSA) is 86.4 Å². The van der Waals surface area contributed by atoms with Crippen LogP contribution in [0.4, 0.5) is 11.9 Å². The van der Waals surface area contributed by atoms with Gasteiger partial charge in [0.2, 0.25) is 11.9 Å². The molecule has 1 aromatic heterocycles. The standard InChI is InChI=1S/C12H21N5O2/c1-2-3-4-7-19-12-15-10(13)14-11(16-12)17-5-8-18-9-6-17/h2-9H2,1H3,(H2,13,14,15,16). The molecule has 2 heterocycles. The zero-order valence-electron chi connectivity index (χ0n) is 11.3. The molecule has 1 aliphatic heterocycles. The lowest BCUT2D eigenvalue weighted by Gasteiger charge is -2.26. The van der Waals surface area contributed by atoms with Crippen LogP contribution in [0, 0.1) is 0 Å². The molecule has 1 saturated heterocycles. The van der Waals surface area contributed by atoms with E-state index in [-0.39, 0.29) is 5.95 Å². The van der Waals surface area contributed by atoms with Gasteiger partial charge in [0.1, 0.15) is 0 Å². The number of nitrogens with zero attached hydrogens (tertiary/aromatic N) is 4. The monoisotopic (exact) mass is 267 g/mol. The lowest BCUT2D eigenvalue weighted by Crippen LogP contribution is -2.37. The Labute approximate surface area is 113 Å². The summed E-state index contributed by atoms with van der Waals surface area (Å²) < 4.78 is 10.8. The van der Waals surface area contributed by atoms with Crippen molar-refractivity contribution < 1.29 is 9.47 Å². The van der Waals surface area contributed by atoms with Crippen molar-refractivity contribution in [2.45, 2.75) is 26.2 Å². The van der Waals surface area contributed by atoms with Crippen LogP contribution in [0.25, 0.3) is 0 Å². The summed E-state index contributed by atoms with van der Waals surface area (Å²) in [7, 11) is 0. The number of nitrogens with two attached hydrogens (primary N) is 1. The molecule has 0 aromatic carbocycles. The van der Waals surface area contributed by atoms with Gasteiger partial charge in [-0.1, -0.05) is 19.8 Å². The number of hydrogen-bond acceptors (Lipinski definition) is 7. The van der Waals surface area contributed by atoms with Crippen LogP contribution < -0.4 is 15.4 Å². The van der Waals surface area contributed by atoms with Crippen LogP contribution in [0.1, 0.15) is 26.2 Å². The van der Waals surface area contributed by atoms with Crippen LogP contribution in [0.3, 0.4) is 0 Å². The maximum absolute atomic E-state index is 5.70. The van der Waals surface area contributed by atoms with Crippen LogP contribution in [0.15, 0.2) is 0 Å². The third kappa shape index (κ3) is 4.20. The molecular formula is C12H21N5O2. The highest BCUT2D eigenvalue weighted by molar-refractivity contribution is 5.36. The van der Waals surface area contributed by atoms with Crippen molar-refractivity contribution in [3.63, 3.8) is 0 Å². The molecule has 0 unspecified atom stereocenters. The summed E-state index contributed by atoms with van der Waals surface area (Å²) in [5, 5.41) is 0. The van der Waals surface area contributed by atoms with Gasteiger partial charge in [-0.3, -0.25) is 0 Å². The Kier molecular flexibility index (Phi) is 5.14. The van der Waals surface area contributed by atoms with Gasteiger partial charge in [-0.05, 0) is 6.42 Å². The fraction of sp³-hybridized carbons (Fsp3) is 0.750. The summed E-state index contributed by atoms with van der Waals surface area (Å²) in [6.45, 7) is 5.64. The van der Waals surface area contributed by atoms with Gasteiger partial charge < -0.3 is 20.1 Å². The van der Waals surface area contributed by atoms with Gasteiger partial charge in [-0.25, -0.2) is 0 Å². The summed E-state index contributed by atoms with van der Waals surface area (Å²) in [4.78, 5) is 14.5. The van der Waals surface area contributed by atoms with E-state index in [2.05, 4.69) is 21.9 Å². The highest BCUT2D eigenvalue weighted by Gasteiger charge is 2.16. The summed E-state index contributed by atoms with van der Waals surface area (Å²) >= 11 is 0. The van der Waals surface area contributed by atoms with Crippen LogP contribution >= 0.6 is 0 Å². The number of hydrogen-bond donors (Lipinski definition) is 1. The quantitative estimate of drug-likeness (QED) is 0.765. The van der Waals surface area contributed by atoms with Crippen molar-refractivity contribution in [1.82, 2.24) is 15.0 Å². The van der Waals surface area contributed by atoms with Gasteiger partial charge in [-0.2, -0.15) is 15.0 Å². The molecule has 7 nitrogen and oxygen atoms in total. The molecule has 7 heteroatoms. The lowest BCUT2D eigenvalue weighted by atomic mass is 10.3. The van der Waals surface area contributed by atoms with Crippen LogP contribution in [-0.4, -0.2) is 47.9 Å². The predicted molar refractivity (Wildman–Crippen MR) is 72.3 cm³/mol. The first-order chi connectivity index (χ1) is 9.29. The molecule has 0 amide bonds. The lowest BCUT2D eigenvalue weighted by molar-refractivity contribution is 0.122. The van der Waals surface area contributed by atoms with Gasteiger partial charge in [0.15, 0.2) is 0 Å². The Bertz CT molecular complexity index is 396. The second-order valence-electron chi connectivity index (χ2n) is 4.43. The molecule has 106 valence electrons. The molecule has 19 heavy (non-hydrogen) atoms. The average molecular weight is 267 g/mol. The van der Waals surface area contributed by atoms with Gasteiger partial charge in [0.05, 0.1) is 19.8 Å². The van der Waals surface area contributed by atoms with Gasteiger partial charge in [0, 0.05) is 13.1 Å².